The Balaban J connectivity index is 1.92. The molecule has 20 heavy (non-hydrogen) atoms. The molecule has 0 aliphatic carbocycles. The van der Waals surface area contributed by atoms with E-state index in [0.717, 1.165) is 12.5 Å². The topological polar surface area (TPSA) is 12.0 Å². The molecule has 0 radical (unpaired) electrons. The van der Waals surface area contributed by atoms with Crippen LogP contribution in [0.4, 0.5) is 0 Å². The van der Waals surface area contributed by atoms with Crippen molar-refractivity contribution < 1.29 is 0 Å². The molecule has 0 aromatic heterocycles. The molecule has 2 unspecified atom stereocenters. The summed E-state index contributed by atoms with van der Waals surface area (Å²) < 4.78 is 0. The summed E-state index contributed by atoms with van der Waals surface area (Å²) in [5, 5.41) is 3.63. The summed E-state index contributed by atoms with van der Waals surface area (Å²) in [6.07, 6.45) is 3.78. The Morgan fingerprint density at radius 2 is 2.10 bits per heavy atom. The fourth-order valence-corrected chi connectivity index (χ4v) is 4.69. The number of hydrogen-bond acceptors (Lipinski definition) is 2. The summed E-state index contributed by atoms with van der Waals surface area (Å²) in [7, 11) is 0. The van der Waals surface area contributed by atoms with Gasteiger partial charge in [-0.25, -0.2) is 0 Å². The van der Waals surface area contributed by atoms with Gasteiger partial charge in [0.25, 0.3) is 0 Å². The zero-order valence-corrected chi connectivity index (χ0v) is 14.2. The van der Waals surface area contributed by atoms with Gasteiger partial charge < -0.3 is 5.32 Å². The highest BCUT2D eigenvalue weighted by molar-refractivity contribution is 7.99. The zero-order chi connectivity index (χ0) is 14.6. The Kier molecular flexibility index (Phi) is 5.57. The maximum Gasteiger partial charge on any atom is 0.0107 e. The number of fused-ring (bicyclic) bond motifs is 1. The molecule has 1 aromatic carbocycles. The minimum atomic E-state index is 0.406. The van der Waals surface area contributed by atoms with Crippen LogP contribution in [-0.4, -0.2) is 18.3 Å². The largest absolute Gasteiger partial charge is 0.314 e. The number of nitrogens with one attached hydrogen (secondary N) is 1. The lowest BCUT2D eigenvalue weighted by Crippen LogP contribution is -2.32. The molecule has 112 valence electrons. The van der Waals surface area contributed by atoms with Crippen molar-refractivity contribution in [3.63, 3.8) is 0 Å². The highest BCUT2D eigenvalue weighted by atomic mass is 32.2. The lowest BCUT2D eigenvalue weighted by atomic mass is 9.77. The fraction of sp³-hybridized carbons (Fsp3) is 0.667. The van der Waals surface area contributed by atoms with Gasteiger partial charge >= 0.3 is 0 Å². The third-order valence-electron chi connectivity index (χ3n) is 4.20. The Morgan fingerprint density at radius 3 is 2.85 bits per heavy atom. The quantitative estimate of drug-likeness (QED) is 0.752. The second-order valence-electron chi connectivity index (χ2n) is 6.97. The first kappa shape index (κ1) is 15.9. The molecular formula is C18H29NS. The van der Waals surface area contributed by atoms with Gasteiger partial charge in [0.05, 0.1) is 0 Å². The molecule has 1 N–H and O–H groups in total. The molecule has 0 fully saturated rings. The number of rotatable bonds is 7. The van der Waals surface area contributed by atoms with Crippen LogP contribution in [0.3, 0.4) is 0 Å². The lowest BCUT2D eigenvalue weighted by molar-refractivity contribution is 0.254. The fourth-order valence-electron chi connectivity index (χ4n) is 3.44. The van der Waals surface area contributed by atoms with Crippen LogP contribution in [0, 0.1) is 5.41 Å². The third-order valence-corrected chi connectivity index (χ3v) is 5.45. The monoisotopic (exact) mass is 291 g/mol. The Bertz CT molecular complexity index is 427. The van der Waals surface area contributed by atoms with Crippen molar-refractivity contribution in [3.05, 3.63) is 29.8 Å². The van der Waals surface area contributed by atoms with Crippen LogP contribution in [-0.2, 0) is 0 Å². The first-order valence-corrected chi connectivity index (χ1v) is 8.95. The first-order chi connectivity index (χ1) is 9.52. The van der Waals surface area contributed by atoms with Crippen molar-refractivity contribution in [2.45, 2.75) is 63.8 Å². The second-order valence-corrected chi connectivity index (χ2v) is 8.04. The molecule has 1 aromatic rings. The molecule has 1 aliphatic heterocycles. The van der Waals surface area contributed by atoms with Crippen molar-refractivity contribution in [1.29, 1.82) is 0 Å². The van der Waals surface area contributed by atoms with E-state index in [1.165, 1.54) is 29.9 Å². The molecule has 0 saturated carbocycles. The zero-order valence-electron chi connectivity index (χ0n) is 13.4. The van der Waals surface area contributed by atoms with Gasteiger partial charge in [0.1, 0.15) is 0 Å². The third kappa shape index (κ3) is 4.26. The van der Waals surface area contributed by atoms with E-state index in [1.54, 1.807) is 5.56 Å². The van der Waals surface area contributed by atoms with Gasteiger partial charge in [-0.05, 0) is 55.7 Å². The van der Waals surface area contributed by atoms with Gasteiger partial charge in [-0.3, -0.25) is 0 Å². The van der Waals surface area contributed by atoms with E-state index in [4.69, 9.17) is 0 Å². The molecule has 1 aliphatic rings. The van der Waals surface area contributed by atoms with Crippen LogP contribution in [0.5, 0.6) is 0 Å². The van der Waals surface area contributed by atoms with E-state index in [1.807, 2.05) is 11.8 Å². The number of hydrogen-bond donors (Lipinski definition) is 1. The Morgan fingerprint density at radius 1 is 1.35 bits per heavy atom. The molecule has 0 saturated heterocycles. The van der Waals surface area contributed by atoms with Gasteiger partial charge in [0, 0.05) is 16.7 Å². The van der Waals surface area contributed by atoms with Crippen molar-refractivity contribution in [1.82, 2.24) is 5.32 Å². The van der Waals surface area contributed by atoms with E-state index in [-0.39, 0.29) is 0 Å². The molecule has 2 rings (SSSR count). The van der Waals surface area contributed by atoms with E-state index < -0.39 is 0 Å². The molecule has 2 atom stereocenters. The van der Waals surface area contributed by atoms with Gasteiger partial charge in [-0.1, -0.05) is 39.0 Å². The summed E-state index contributed by atoms with van der Waals surface area (Å²) >= 11 is 2.03. The summed E-state index contributed by atoms with van der Waals surface area (Å²) in [6.45, 7) is 10.6. The summed E-state index contributed by atoms with van der Waals surface area (Å²) in [4.78, 5) is 1.51. The Labute approximate surface area is 128 Å². The standard InChI is InChI=1S/C18H29NS/c1-5-10-19-14(2)11-18(3,4)12-15-13-20-17-9-7-6-8-16(15)17/h6-9,14-15,19H,5,10-13H2,1-4H3. The Hall–Kier alpha value is -0.470. The number of thioether (sulfide) groups is 1. The lowest BCUT2D eigenvalue weighted by Gasteiger charge is -2.31. The van der Waals surface area contributed by atoms with E-state index in [2.05, 4.69) is 57.3 Å². The van der Waals surface area contributed by atoms with Gasteiger partial charge in [-0.2, -0.15) is 0 Å². The van der Waals surface area contributed by atoms with E-state index in [9.17, 15) is 0 Å². The summed E-state index contributed by atoms with van der Waals surface area (Å²) in [5.41, 5.74) is 1.99. The minimum Gasteiger partial charge on any atom is -0.314 e. The average molecular weight is 292 g/mol. The second kappa shape index (κ2) is 7.00. The van der Waals surface area contributed by atoms with Crippen molar-refractivity contribution >= 4 is 11.8 Å². The molecule has 0 spiro atoms. The van der Waals surface area contributed by atoms with E-state index >= 15 is 0 Å². The molecule has 2 heteroatoms. The van der Waals surface area contributed by atoms with Crippen LogP contribution >= 0.6 is 11.8 Å². The van der Waals surface area contributed by atoms with Crippen LogP contribution in [0.15, 0.2) is 29.2 Å². The summed E-state index contributed by atoms with van der Waals surface area (Å²) in [5.74, 6) is 2.00. The normalized spacial score (nSPS) is 19.9. The van der Waals surface area contributed by atoms with Crippen LogP contribution in [0.25, 0.3) is 0 Å². The molecule has 1 nitrogen and oxygen atoms in total. The van der Waals surface area contributed by atoms with Crippen LogP contribution < -0.4 is 5.32 Å². The minimum absolute atomic E-state index is 0.406. The van der Waals surface area contributed by atoms with Crippen molar-refractivity contribution in [2.75, 3.05) is 12.3 Å². The van der Waals surface area contributed by atoms with Gasteiger partial charge in [0.15, 0.2) is 0 Å². The average Bonchev–Trinajstić information content (AvgIpc) is 2.79. The molecular weight excluding hydrogens is 262 g/mol. The number of benzene rings is 1. The predicted molar refractivity (Wildman–Crippen MR) is 90.7 cm³/mol. The van der Waals surface area contributed by atoms with Crippen molar-refractivity contribution in [2.24, 2.45) is 5.41 Å². The molecule has 1 heterocycles. The van der Waals surface area contributed by atoms with Crippen LogP contribution in [0.1, 0.15) is 58.4 Å². The van der Waals surface area contributed by atoms with Gasteiger partial charge in [0.2, 0.25) is 0 Å². The highest BCUT2D eigenvalue weighted by Gasteiger charge is 2.30. The molecule has 0 bridgehead atoms. The van der Waals surface area contributed by atoms with Crippen LogP contribution in [0.2, 0.25) is 0 Å². The summed E-state index contributed by atoms with van der Waals surface area (Å²) in [6, 6.07) is 9.58. The SMILES string of the molecule is CCCNC(C)CC(C)(C)CC1CSc2ccccc21. The predicted octanol–water partition coefficient (Wildman–Crippen LogP) is 5.07. The maximum atomic E-state index is 3.63. The highest BCUT2D eigenvalue weighted by Crippen LogP contribution is 2.45. The van der Waals surface area contributed by atoms with E-state index in [0.29, 0.717) is 11.5 Å². The van der Waals surface area contributed by atoms with Crippen molar-refractivity contribution in [3.8, 4) is 0 Å². The first-order valence-electron chi connectivity index (χ1n) is 7.97. The molecule has 0 amide bonds. The smallest absolute Gasteiger partial charge is 0.0107 e. The maximum absolute atomic E-state index is 3.63. The van der Waals surface area contributed by atoms with Gasteiger partial charge in [-0.15, -0.1) is 11.8 Å².